The lowest BCUT2D eigenvalue weighted by Gasteiger charge is -2.17. The molecule has 0 aliphatic rings. The van der Waals surface area contributed by atoms with Gasteiger partial charge in [-0.05, 0) is 13.8 Å². The van der Waals surface area contributed by atoms with Crippen LogP contribution in [-0.2, 0) is 23.8 Å². The quantitative estimate of drug-likeness (QED) is 0.610. The van der Waals surface area contributed by atoms with E-state index in [9.17, 15) is 9.59 Å². The van der Waals surface area contributed by atoms with Gasteiger partial charge in [0.2, 0.25) is 0 Å². The largest absolute Gasteiger partial charge is 0.463 e. The first-order chi connectivity index (χ1) is 7.99. The number of hydrogen-bond donors (Lipinski definition) is 0. The van der Waals surface area contributed by atoms with Crippen molar-refractivity contribution in [2.75, 3.05) is 13.2 Å². The molecule has 0 amide bonds. The van der Waals surface area contributed by atoms with Crippen LogP contribution in [0.5, 0.6) is 0 Å². The molecule has 5 nitrogen and oxygen atoms in total. The summed E-state index contributed by atoms with van der Waals surface area (Å²) in [4.78, 5) is 21.9. The number of ether oxygens (including phenoxy) is 3. The van der Waals surface area contributed by atoms with E-state index in [-0.39, 0.29) is 30.8 Å². The molecule has 2 atom stereocenters. The summed E-state index contributed by atoms with van der Waals surface area (Å²) >= 11 is 0. The Labute approximate surface area is 102 Å². The van der Waals surface area contributed by atoms with Crippen molar-refractivity contribution in [3.63, 3.8) is 0 Å². The van der Waals surface area contributed by atoms with E-state index in [0.717, 1.165) is 0 Å². The summed E-state index contributed by atoms with van der Waals surface area (Å²) in [7, 11) is 0. The summed E-state index contributed by atoms with van der Waals surface area (Å²) in [5.74, 6) is -0.489. The Morgan fingerprint density at radius 1 is 0.941 bits per heavy atom. The molecular formula is C12H22O5. The molecule has 0 aliphatic heterocycles. The summed E-state index contributed by atoms with van der Waals surface area (Å²) in [6, 6.07) is 0. The van der Waals surface area contributed by atoms with E-state index in [0.29, 0.717) is 19.4 Å². The zero-order chi connectivity index (χ0) is 13.3. The third kappa shape index (κ3) is 8.68. The standard InChI is InChI=1S/C12H22O5/c1-5-11(13)16-7-9(3)15-8-10(4)17-12(14)6-2/h9-10H,5-8H2,1-4H3. The molecule has 0 saturated carbocycles. The molecule has 0 bridgehead atoms. The molecule has 0 rings (SSSR count). The molecule has 0 heterocycles. The van der Waals surface area contributed by atoms with Gasteiger partial charge in [0.15, 0.2) is 0 Å². The summed E-state index contributed by atoms with van der Waals surface area (Å²) in [5, 5.41) is 0. The summed E-state index contributed by atoms with van der Waals surface area (Å²) < 4.78 is 15.3. The first-order valence-corrected chi connectivity index (χ1v) is 5.96. The smallest absolute Gasteiger partial charge is 0.305 e. The van der Waals surface area contributed by atoms with Gasteiger partial charge in [-0.15, -0.1) is 0 Å². The molecule has 17 heavy (non-hydrogen) atoms. The van der Waals surface area contributed by atoms with Gasteiger partial charge in [-0.25, -0.2) is 0 Å². The van der Waals surface area contributed by atoms with Crippen molar-refractivity contribution >= 4 is 11.9 Å². The highest BCUT2D eigenvalue weighted by Crippen LogP contribution is 2.00. The van der Waals surface area contributed by atoms with Gasteiger partial charge in [-0.1, -0.05) is 13.8 Å². The van der Waals surface area contributed by atoms with Crippen molar-refractivity contribution in [3.8, 4) is 0 Å². The second-order valence-corrected chi connectivity index (χ2v) is 3.83. The van der Waals surface area contributed by atoms with E-state index in [1.807, 2.05) is 0 Å². The van der Waals surface area contributed by atoms with Gasteiger partial charge in [-0.2, -0.15) is 0 Å². The van der Waals surface area contributed by atoms with Gasteiger partial charge in [0, 0.05) is 12.8 Å². The average molecular weight is 246 g/mol. The maximum atomic E-state index is 11.0. The molecule has 2 unspecified atom stereocenters. The average Bonchev–Trinajstić information content (AvgIpc) is 2.32. The topological polar surface area (TPSA) is 61.8 Å². The Kier molecular flexibility index (Phi) is 8.40. The van der Waals surface area contributed by atoms with Crippen molar-refractivity contribution in [3.05, 3.63) is 0 Å². The predicted molar refractivity (Wildman–Crippen MR) is 62.5 cm³/mol. The van der Waals surface area contributed by atoms with Gasteiger partial charge in [0.05, 0.1) is 12.7 Å². The van der Waals surface area contributed by atoms with Crippen LogP contribution in [0.25, 0.3) is 0 Å². The van der Waals surface area contributed by atoms with E-state index in [1.165, 1.54) is 0 Å². The lowest BCUT2D eigenvalue weighted by atomic mass is 10.4. The van der Waals surface area contributed by atoms with Crippen LogP contribution in [0.4, 0.5) is 0 Å². The lowest BCUT2D eigenvalue weighted by molar-refractivity contribution is -0.154. The Morgan fingerprint density at radius 2 is 1.53 bits per heavy atom. The van der Waals surface area contributed by atoms with Gasteiger partial charge in [0.25, 0.3) is 0 Å². The van der Waals surface area contributed by atoms with Crippen LogP contribution in [-0.4, -0.2) is 37.4 Å². The maximum absolute atomic E-state index is 11.0. The third-order valence-corrected chi connectivity index (χ3v) is 2.00. The zero-order valence-electron chi connectivity index (χ0n) is 11.0. The van der Waals surface area contributed by atoms with E-state index < -0.39 is 0 Å². The van der Waals surface area contributed by atoms with E-state index >= 15 is 0 Å². The summed E-state index contributed by atoms with van der Waals surface area (Å²) in [6.07, 6.45) is 0.227. The molecule has 0 saturated heterocycles. The summed E-state index contributed by atoms with van der Waals surface area (Å²) in [5.41, 5.74) is 0. The first-order valence-electron chi connectivity index (χ1n) is 5.96. The van der Waals surface area contributed by atoms with Gasteiger partial charge in [-0.3, -0.25) is 9.59 Å². The molecule has 0 radical (unpaired) electrons. The molecule has 0 spiro atoms. The number of hydrogen-bond acceptors (Lipinski definition) is 5. The van der Waals surface area contributed by atoms with Crippen molar-refractivity contribution in [1.82, 2.24) is 0 Å². The Hall–Kier alpha value is -1.10. The Morgan fingerprint density at radius 3 is 2.06 bits per heavy atom. The molecule has 0 aromatic heterocycles. The minimum absolute atomic E-state index is 0.201. The highest BCUT2D eigenvalue weighted by atomic mass is 16.6. The third-order valence-electron chi connectivity index (χ3n) is 2.00. The fourth-order valence-corrected chi connectivity index (χ4v) is 1.00. The van der Waals surface area contributed by atoms with E-state index in [2.05, 4.69) is 0 Å². The zero-order valence-corrected chi connectivity index (χ0v) is 11.0. The van der Waals surface area contributed by atoms with E-state index in [4.69, 9.17) is 14.2 Å². The van der Waals surface area contributed by atoms with Crippen LogP contribution >= 0.6 is 0 Å². The van der Waals surface area contributed by atoms with Crippen LogP contribution in [0.15, 0.2) is 0 Å². The van der Waals surface area contributed by atoms with Gasteiger partial charge < -0.3 is 14.2 Å². The Bertz CT molecular complexity index is 239. The van der Waals surface area contributed by atoms with Crippen LogP contribution in [0.1, 0.15) is 40.5 Å². The fraction of sp³-hybridized carbons (Fsp3) is 0.833. The molecule has 0 aliphatic carbocycles. The highest BCUT2D eigenvalue weighted by Gasteiger charge is 2.11. The minimum Gasteiger partial charge on any atom is -0.463 e. The van der Waals surface area contributed by atoms with Crippen molar-refractivity contribution in [2.45, 2.75) is 52.7 Å². The molecular weight excluding hydrogens is 224 g/mol. The minimum atomic E-state index is -0.285. The fourth-order valence-electron chi connectivity index (χ4n) is 1.00. The normalized spacial score (nSPS) is 13.9. The van der Waals surface area contributed by atoms with Crippen LogP contribution in [0.3, 0.4) is 0 Å². The monoisotopic (exact) mass is 246 g/mol. The SMILES string of the molecule is CCC(=O)OCC(C)OCC(C)OC(=O)CC. The Balaban J connectivity index is 3.65. The molecule has 100 valence electrons. The number of esters is 2. The number of rotatable bonds is 8. The molecule has 5 heteroatoms. The molecule has 0 aromatic rings. The van der Waals surface area contributed by atoms with Crippen LogP contribution in [0.2, 0.25) is 0 Å². The van der Waals surface area contributed by atoms with Gasteiger partial charge >= 0.3 is 11.9 Å². The van der Waals surface area contributed by atoms with Crippen LogP contribution in [0, 0.1) is 0 Å². The first kappa shape index (κ1) is 15.9. The maximum Gasteiger partial charge on any atom is 0.305 e. The summed E-state index contributed by atoms with van der Waals surface area (Å²) in [6.45, 7) is 7.57. The van der Waals surface area contributed by atoms with Gasteiger partial charge in [0.1, 0.15) is 12.7 Å². The molecule has 0 N–H and O–H groups in total. The number of carbonyl (C=O) groups excluding carboxylic acids is 2. The highest BCUT2D eigenvalue weighted by molar-refractivity contribution is 5.69. The number of carbonyl (C=O) groups is 2. The van der Waals surface area contributed by atoms with Crippen molar-refractivity contribution < 1.29 is 23.8 Å². The van der Waals surface area contributed by atoms with E-state index in [1.54, 1.807) is 27.7 Å². The second-order valence-electron chi connectivity index (χ2n) is 3.83. The van der Waals surface area contributed by atoms with Crippen molar-refractivity contribution in [2.24, 2.45) is 0 Å². The van der Waals surface area contributed by atoms with Crippen LogP contribution < -0.4 is 0 Å². The second kappa shape index (κ2) is 8.98. The lowest BCUT2D eigenvalue weighted by Crippen LogP contribution is -2.25. The predicted octanol–water partition coefficient (Wildman–Crippen LogP) is 1.69. The van der Waals surface area contributed by atoms with Crippen molar-refractivity contribution in [1.29, 1.82) is 0 Å². The molecule has 0 aromatic carbocycles. The molecule has 0 fully saturated rings.